The summed E-state index contributed by atoms with van der Waals surface area (Å²) in [7, 11) is 3.56. The molecule has 0 saturated heterocycles. The molecule has 7 heteroatoms. The maximum absolute atomic E-state index is 12.0. The Morgan fingerprint density at radius 1 is 1.56 bits per heavy atom. The zero-order valence-electron chi connectivity index (χ0n) is 10.4. The van der Waals surface area contributed by atoms with Crippen molar-refractivity contribution in [3.05, 3.63) is 18.2 Å². The Kier molecular flexibility index (Phi) is 3.40. The van der Waals surface area contributed by atoms with E-state index in [9.17, 15) is 9.59 Å². The van der Waals surface area contributed by atoms with Crippen LogP contribution in [0.15, 0.2) is 17.5 Å². The van der Waals surface area contributed by atoms with Gasteiger partial charge in [0.1, 0.15) is 11.5 Å². The molecular weight excluding hydrogens is 234 g/mol. The molecule has 1 N–H and O–H groups in total. The first-order valence-electron chi connectivity index (χ1n) is 5.65. The van der Waals surface area contributed by atoms with Crippen molar-refractivity contribution in [1.82, 2.24) is 19.9 Å². The number of hydrogen-bond acceptors (Lipinski definition) is 4. The van der Waals surface area contributed by atoms with Crippen molar-refractivity contribution in [2.75, 3.05) is 7.05 Å². The van der Waals surface area contributed by atoms with E-state index in [-0.39, 0.29) is 11.8 Å². The van der Waals surface area contributed by atoms with Crippen LogP contribution in [0.4, 0.5) is 0 Å². The first kappa shape index (κ1) is 12.3. The molecule has 0 bridgehead atoms. The molecular formula is C11H15N5O2. The fourth-order valence-corrected chi connectivity index (χ4v) is 1.68. The molecule has 0 spiro atoms. The monoisotopic (exact) mass is 249 g/mol. The second-order valence-corrected chi connectivity index (χ2v) is 4.21. The Labute approximate surface area is 104 Å². The number of carbonyl (C=O) groups is 2. The van der Waals surface area contributed by atoms with Gasteiger partial charge in [-0.15, -0.1) is 0 Å². The number of aryl methyl sites for hydroxylation is 1. The number of carbonyl (C=O) groups excluding carboxylic acids is 2. The summed E-state index contributed by atoms with van der Waals surface area (Å²) in [6, 6.07) is 0. The summed E-state index contributed by atoms with van der Waals surface area (Å²) >= 11 is 0. The summed E-state index contributed by atoms with van der Waals surface area (Å²) in [6.07, 6.45) is 4.20. The second-order valence-electron chi connectivity index (χ2n) is 4.21. The Morgan fingerprint density at radius 3 is 2.89 bits per heavy atom. The van der Waals surface area contributed by atoms with Crippen LogP contribution in [0.2, 0.25) is 0 Å². The lowest BCUT2D eigenvalue weighted by Gasteiger charge is -2.19. The highest BCUT2D eigenvalue weighted by atomic mass is 16.2. The van der Waals surface area contributed by atoms with E-state index in [1.165, 1.54) is 0 Å². The second kappa shape index (κ2) is 4.99. The molecule has 0 fully saturated rings. The zero-order chi connectivity index (χ0) is 13.1. The number of rotatable bonds is 3. The molecule has 0 aromatic carbocycles. The number of hydrogen-bond donors (Lipinski definition) is 1. The van der Waals surface area contributed by atoms with E-state index in [1.807, 2.05) is 17.8 Å². The predicted octanol–water partition coefficient (Wildman–Crippen LogP) is -0.356. The molecule has 2 rings (SSSR count). The zero-order valence-corrected chi connectivity index (χ0v) is 10.4. The summed E-state index contributed by atoms with van der Waals surface area (Å²) in [6.45, 7) is 0.412. The van der Waals surface area contributed by atoms with Crippen LogP contribution in [0.3, 0.4) is 0 Å². The van der Waals surface area contributed by atoms with Gasteiger partial charge in [-0.25, -0.2) is 10.4 Å². The summed E-state index contributed by atoms with van der Waals surface area (Å²) in [4.78, 5) is 28.7. The summed E-state index contributed by atoms with van der Waals surface area (Å²) < 4.78 is 1.86. The highest BCUT2D eigenvalue weighted by molar-refractivity contribution is 6.39. The molecule has 0 unspecified atom stereocenters. The molecule has 96 valence electrons. The third-order valence-corrected chi connectivity index (χ3v) is 2.80. The average molecular weight is 249 g/mol. The lowest BCUT2D eigenvalue weighted by molar-refractivity contribution is -0.124. The molecule has 1 aliphatic heterocycles. The molecule has 0 radical (unpaired) electrons. The molecule has 18 heavy (non-hydrogen) atoms. The van der Waals surface area contributed by atoms with Gasteiger partial charge >= 0.3 is 0 Å². The van der Waals surface area contributed by atoms with Crippen LogP contribution in [0.25, 0.3) is 0 Å². The van der Waals surface area contributed by atoms with Crippen LogP contribution in [0.1, 0.15) is 18.7 Å². The van der Waals surface area contributed by atoms with Gasteiger partial charge in [0.15, 0.2) is 0 Å². The van der Waals surface area contributed by atoms with Crippen molar-refractivity contribution in [1.29, 1.82) is 0 Å². The number of nitrogens with zero attached hydrogens (tertiary/aromatic N) is 4. The number of aromatic nitrogens is 2. The maximum Gasteiger partial charge on any atom is 0.270 e. The fraction of sp³-hybridized carbons (Fsp3) is 0.455. The SMILES string of the molecule is CN(Cc1nccn1C)C(=O)C1=NNC(=O)CC1. The molecule has 0 saturated carbocycles. The molecule has 0 aliphatic carbocycles. The summed E-state index contributed by atoms with van der Waals surface area (Å²) in [5, 5.41) is 3.78. The van der Waals surface area contributed by atoms with Crippen molar-refractivity contribution >= 4 is 17.5 Å². The Hall–Kier alpha value is -2.18. The van der Waals surface area contributed by atoms with Gasteiger partial charge in [-0.1, -0.05) is 0 Å². The lowest BCUT2D eigenvalue weighted by atomic mass is 10.1. The minimum atomic E-state index is -0.182. The normalized spacial score (nSPS) is 15.0. The van der Waals surface area contributed by atoms with Crippen LogP contribution < -0.4 is 5.43 Å². The van der Waals surface area contributed by atoms with Crippen LogP contribution in [0.5, 0.6) is 0 Å². The minimum absolute atomic E-state index is 0.154. The minimum Gasteiger partial charge on any atom is -0.337 e. The van der Waals surface area contributed by atoms with Gasteiger partial charge in [0.05, 0.1) is 6.54 Å². The van der Waals surface area contributed by atoms with Crippen molar-refractivity contribution in [3.8, 4) is 0 Å². The quantitative estimate of drug-likeness (QED) is 0.794. The van der Waals surface area contributed by atoms with Gasteiger partial charge in [0.25, 0.3) is 5.91 Å². The van der Waals surface area contributed by atoms with Gasteiger partial charge in [0, 0.05) is 39.3 Å². The van der Waals surface area contributed by atoms with E-state index in [4.69, 9.17) is 0 Å². The van der Waals surface area contributed by atoms with Crippen molar-refractivity contribution in [2.24, 2.45) is 12.1 Å². The van der Waals surface area contributed by atoms with Gasteiger partial charge < -0.3 is 9.47 Å². The van der Waals surface area contributed by atoms with E-state index in [2.05, 4.69) is 15.5 Å². The number of imidazole rings is 1. The van der Waals surface area contributed by atoms with Gasteiger partial charge in [-0.05, 0) is 0 Å². The van der Waals surface area contributed by atoms with Crippen LogP contribution >= 0.6 is 0 Å². The molecule has 1 aliphatic rings. The van der Waals surface area contributed by atoms with Crippen LogP contribution in [-0.4, -0.2) is 39.0 Å². The van der Waals surface area contributed by atoms with E-state index in [0.29, 0.717) is 25.1 Å². The van der Waals surface area contributed by atoms with Gasteiger partial charge in [-0.2, -0.15) is 5.10 Å². The first-order chi connectivity index (χ1) is 8.58. The van der Waals surface area contributed by atoms with Crippen molar-refractivity contribution < 1.29 is 9.59 Å². The fourth-order valence-electron chi connectivity index (χ4n) is 1.68. The highest BCUT2D eigenvalue weighted by Gasteiger charge is 2.22. The van der Waals surface area contributed by atoms with Gasteiger partial charge in [0.2, 0.25) is 5.91 Å². The van der Waals surface area contributed by atoms with E-state index in [0.717, 1.165) is 5.82 Å². The number of nitrogens with one attached hydrogen (secondary N) is 1. The molecule has 1 aromatic rings. The predicted molar refractivity (Wildman–Crippen MR) is 64.5 cm³/mol. The van der Waals surface area contributed by atoms with Crippen LogP contribution in [-0.2, 0) is 23.2 Å². The van der Waals surface area contributed by atoms with Crippen molar-refractivity contribution in [2.45, 2.75) is 19.4 Å². The molecule has 7 nitrogen and oxygen atoms in total. The third kappa shape index (κ3) is 2.55. The topological polar surface area (TPSA) is 79.6 Å². The smallest absolute Gasteiger partial charge is 0.270 e. The summed E-state index contributed by atoms with van der Waals surface area (Å²) in [5.41, 5.74) is 2.70. The molecule has 1 aromatic heterocycles. The molecule has 0 atom stereocenters. The van der Waals surface area contributed by atoms with Gasteiger partial charge in [-0.3, -0.25) is 9.59 Å². The van der Waals surface area contributed by atoms with Crippen molar-refractivity contribution in [3.63, 3.8) is 0 Å². The number of amides is 2. The van der Waals surface area contributed by atoms with E-state index < -0.39 is 0 Å². The average Bonchev–Trinajstić information content (AvgIpc) is 2.75. The standard InChI is InChI=1S/C11H15N5O2/c1-15-6-5-12-9(15)7-16(2)11(18)8-3-4-10(17)14-13-8/h5-6H,3-4,7H2,1-2H3,(H,14,17). The van der Waals surface area contributed by atoms with E-state index in [1.54, 1.807) is 18.1 Å². The largest absolute Gasteiger partial charge is 0.337 e. The lowest BCUT2D eigenvalue weighted by Crippen LogP contribution is -2.38. The Bertz CT molecular complexity index is 505. The molecule has 2 amide bonds. The van der Waals surface area contributed by atoms with E-state index >= 15 is 0 Å². The summed E-state index contributed by atoms with van der Waals surface area (Å²) in [5.74, 6) is 0.461. The maximum atomic E-state index is 12.0. The third-order valence-electron chi connectivity index (χ3n) is 2.80. The highest BCUT2D eigenvalue weighted by Crippen LogP contribution is 2.05. The Balaban J connectivity index is 2.01. The first-order valence-corrected chi connectivity index (χ1v) is 5.65. The van der Waals surface area contributed by atoms with Crippen LogP contribution in [0, 0.1) is 0 Å². The number of hydrazone groups is 1. The molecule has 2 heterocycles. The Morgan fingerprint density at radius 2 is 2.33 bits per heavy atom.